The number of likely N-dealkylation sites (N-methyl/N-ethyl adjacent to an activating group) is 2. The number of rotatable bonds is 21. The van der Waals surface area contributed by atoms with Crippen molar-refractivity contribution in [1.82, 2.24) is 72.3 Å². The molecule has 742 valence electrons. The van der Waals surface area contributed by atoms with Gasteiger partial charge in [-0.3, -0.25) is 50.9 Å². The van der Waals surface area contributed by atoms with E-state index in [9.17, 15) is 24.0 Å². The normalized spacial score (nSPS) is 16.4. The molecule has 5 fully saturated rings. The quantitative estimate of drug-likeness (QED) is 0.0675. The molecule has 142 heavy (non-hydrogen) atoms. The van der Waals surface area contributed by atoms with Gasteiger partial charge in [0, 0.05) is 212 Å². The Kier molecular flexibility index (Phi) is 32.3. The van der Waals surface area contributed by atoms with Crippen LogP contribution >= 0.6 is 0 Å². The van der Waals surface area contributed by atoms with Crippen LogP contribution in [-0.4, -0.2) is 276 Å². The first-order chi connectivity index (χ1) is 68.9. The average molecular weight is 1930 g/mol. The van der Waals surface area contributed by atoms with Crippen LogP contribution < -0.4 is 106 Å². The smallest absolute Gasteiger partial charge is 0.258 e. The number of piperazine rings is 4. The summed E-state index contributed by atoms with van der Waals surface area (Å²) in [5.74, 6) is 5.75. The fourth-order valence-corrected chi connectivity index (χ4v) is 18.5. The first-order valence-corrected chi connectivity index (χ1v) is 48.0. The highest BCUT2D eigenvalue weighted by Crippen LogP contribution is 2.37. The second-order valence-electron chi connectivity index (χ2n) is 35.9. The molecule has 0 unspecified atom stereocenters. The number of benzene rings is 5. The minimum Gasteiger partial charge on any atom is -0.497 e. The zero-order valence-electron chi connectivity index (χ0n) is 83.4. The van der Waals surface area contributed by atoms with Gasteiger partial charge in [-0.25, -0.2) is 24.9 Å². The minimum atomic E-state index is -0.113. The Hall–Kier alpha value is -15.1. The van der Waals surface area contributed by atoms with Gasteiger partial charge in [-0.15, -0.1) is 0 Å². The zero-order valence-corrected chi connectivity index (χ0v) is 83.4. The molecule has 3 atom stereocenters. The van der Waals surface area contributed by atoms with Gasteiger partial charge in [-0.2, -0.15) is 0 Å². The van der Waals surface area contributed by atoms with Crippen molar-refractivity contribution in [2.45, 2.75) is 58.7 Å². The van der Waals surface area contributed by atoms with Crippen LogP contribution in [0.15, 0.2) is 243 Å². The van der Waals surface area contributed by atoms with Gasteiger partial charge in [0.15, 0.2) is 46.0 Å². The van der Waals surface area contributed by atoms with Crippen LogP contribution in [0.2, 0.25) is 0 Å². The molecular formula is C108H126N20O14. The van der Waals surface area contributed by atoms with Crippen molar-refractivity contribution < 1.29 is 42.6 Å². The summed E-state index contributed by atoms with van der Waals surface area (Å²) in [6.45, 7) is 26.5. The van der Waals surface area contributed by atoms with Crippen molar-refractivity contribution in [1.29, 1.82) is 0 Å². The third-order valence-corrected chi connectivity index (χ3v) is 26.2. The maximum Gasteiger partial charge on any atom is 0.258 e. The Morgan fingerprint density at radius 2 is 0.577 bits per heavy atom. The van der Waals surface area contributed by atoms with E-state index in [2.05, 4.69) is 113 Å². The number of aromatic nitrogens is 10. The van der Waals surface area contributed by atoms with Gasteiger partial charge in [0.25, 0.3) is 27.8 Å². The predicted molar refractivity (Wildman–Crippen MR) is 560 cm³/mol. The van der Waals surface area contributed by atoms with Crippen LogP contribution in [0.3, 0.4) is 0 Å². The number of anilines is 5. The molecule has 0 amide bonds. The molecule has 2 N–H and O–H groups in total. The molecule has 0 bridgehead atoms. The summed E-state index contributed by atoms with van der Waals surface area (Å²) in [6.07, 6.45) is 11.7. The molecule has 34 heteroatoms. The van der Waals surface area contributed by atoms with Gasteiger partial charge in [-0.05, 0) is 219 Å². The Morgan fingerprint density at radius 3 is 0.894 bits per heavy atom. The topological polar surface area (TPSA) is 305 Å². The van der Waals surface area contributed by atoms with Crippen molar-refractivity contribution in [2.24, 2.45) is 0 Å². The summed E-state index contributed by atoms with van der Waals surface area (Å²) in [5, 5.41) is 6.96. The number of hydrogen-bond donors (Lipinski definition) is 2. The van der Waals surface area contributed by atoms with Crippen LogP contribution in [0.5, 0.6) is 51.7 Å². The van der Waals surface area contributed by atoms with Crippen molar-refractivity contribution in [2.75, 3.05) is 220 Å². The molecule has 5 aromatic carbocycles. The Labute approximate surface area is 825 Å². The molecule has 15 aromatic rings. The lowest BCUT2D eigenvalue weighted by Crippen LogP contribution is -2.54. The molecule has 0 radical (unpaired) electrons. The molecule has 5 saturated heterocycles. The maximum atomic E-state index is 12.9. The third kappa shape index (κ3) is 23.5. The summed E-state index contributed by atoms with van der Waals surface area (Å²) in [7, 11) is 18.6. The predicted octanol–water partition coefficient (Wildman–Crippen LogP) is 12.3. The number of nitrogens with zero attached hydrogens (tertiary/aromatic N) is 18. The highest BCUT2D eigenvalue weighted by molar-refractivity contribution is 5.72. The highest BCUT2D eigenvalue weighted by atomic mass is 16.5. The van der Waals surface area contributed by atoms with E-state index in [0.717, 1.165) is 186 Å². The van der Waals surface area contributed by atoms with Crippen LogP contribution in [-0.2, 0) is 0 Å². The molecule has 0 aliphatic carbocycles. The van der Waals surface area contributed by atoms with E-state index in [1.807, 2.05) is 183 Å². The van der Waals surface area contributed by atoms with E-state index >= 15 is 0 Å². The van der Waals surface area contributed by atoms with E-state index in [4.69, 9.17) is 52.6 Å². The van der Waals surface area contributed by atoms with Gasteiger partial charge in [0.05, 0.1) is 121 Å². The lowest BCUT2D eigenvalue weighted by Gasteiger charge is -2.37. The number of hydrogen-bond acceptors (Lipinski definition) is 29. The number of methoxy groups -OCH3 is 9. The summed E-state index contributed by atoms with van der Waals surface area (Å²) in [5.41, 5.74) is 15.1. The highest BCUT2D eigenvalue weighted by Gasteiger charge is 2.26. The second-order valence-corrected chi connectivity index (χ2v) is 35.9. The molecular weight excluding hydrogens is 1800 g/mol. The van der Waals surface area contributed by atoms with Crippen LogP contribution in [0, 0.1) is 0 Å². The number of nitrogens with one attached hydrogen (secondary N) is 2. The van der Waals surface area contributed by atoms with Crippen LogP contribution in [0.25, 0.3) is 84.5 Å². The maximum absolute atomic E-state index is 12.9. The standard InChI is InChI=1S/C23H28N4O3.2C22H26N4O3.C21H24N4O3.C20H22N4O2/c1-4-9-25-10-12-26(13-11-25)18-6-8-22-24-19(15-23(28)27(22)16-18)17-5-7-20(29-2)21(14-17)30-3;1-14-11-25(12-15(2)23-14)17-6-8-21-24-18(10-22(27)26(21)13-17)16-5-7-19(28-3)20(9-16)29-4;1-24-9-4-10-25(12-11-24)17-6-8-21-23-18(14-22(27)26(21)15-17)16-5-7-19(28-2)20(13-16)29-3;1-23-8-10-24(11-9-23)16-5-7-20-22-17(13-21(26)25(20)14-16)15-4-6-18(27-2)19(12-15)28-3;1-14-12-23(10-9-21-14)16-5-8-19-22-18(11-20(25)24(19)13-16)15-3-6-17(26-2)7-4-15/h5-8,14-16H,4,9-13H2,1-3H3;5-10,13-15,23H,11-12H2,1-4H3;5-8,13-15H,4,9-12H2,1-3H3;4-7,12-14H,8-11H2,1-3H3;3-8,11,13-14,21H,9-10,12H2,1-2H3/t;14-,15+;;;14-/m....0/s1. The fraction of sp³-hybridized carbons (Fsp3) is 0.352. The minimum absolute atomic E-state index is 0.0779. The number of ether oxygens (including phenoxy) is 9. The average Bonchev–Trinajstić information content (AvgIpc) is 0.831. The molecule has 34 nitrogen and oxygen atoms in total. The summed E-state index contributed by atoms with van der Waals surface area (Å²) in [6, 6.07) is 58.5. The molecule has 10 aromatic heterocycles. The molecule has 15 heterocycles. The Balaban J connectivity index is 0.000000128. The molecule has 5 aliphatic heterocycles. The van der Waals surface area contributed by atoms with Crippen LogP contribution in [0.1, 0.15) is 40.5 Å². The van der Waals surface area contributed by atoms with E-state index in [0.29, 0.717) is 121 Å². The SMILES string of the molecule is CCCN1CCN(c2ccc3nc(-c4ccc(OC)c(OC)c4)cc(=O)n3c2)CC1.COc1ccc(-c2cc(=O)n3cc(N4CCCN(C)CC4)ccc3n2)cc1OC.COc1ccc(-c2cc(=O)n3cc(N4CCN(C)CC4)ccc3n2)cc1OC.COc1ccc(-c2cc(=O)n3cc(N4CCN[C@@H](C)C4)ccc3n2)cc1.COc1ccc(-c2cc(=O)n3cc(N4C[C@@H](C)N[C@@H](C)C4)ccc3n2)cc1OC. The van der Waals surface area contributed by atoms with Gasteiger partial charge < -0.3 is 87.6 Å². The number of fused-ring (bicyclic) bond motifs is 5. The van der Waals surface area contributed by atoms with E-state index in [1.165, 1.54) is 6.42 Å². The van der Waals surface area contributed by atoms with Gasteiger partial charge in [0.1, 0.15) is 34.0 Å². The largest absolute Gasteiger partial charge is 0.497 e. The first kappa shape index (κ1) is 99.9. The lowest BCUT2D eigenvalue weighted by molar-refractivity contribution is 0.258. The summed E-state index contributed by atoms with van der Waals surface area (Å²) < 4.78 is 55.9. The van der Waals surface area contributed by atoms with Crippen molar-refractivity contribution in [3.63, 3.8) is 0 Å². The van der Waals surface area contributed by atoms with E-state index < -0.39 is 0 Å². The summed E-state index contributed by atoms with van der Waals surface area (Å²) >= 11 is 0. The molecule has 5 aliphatic rings. The van der Waals surface area contributed by atoms with Crippen molar-refractivity contribution in [3.8, 4) is 108 Å². The van der Waals surface area contributed by atoms with E-state index in [1.54, 1.807) is 116 Å². The lowest BCUT2D eigenvalue weighted by atomic mass is 10.1. The van der Waals surface area contributed by atoms with Crippen molar-refractivity contribution in [3.05, 3.63) is 271 Å². The van der Waals surface area contributed by atoms with Crippen LogP contribution in [0.4, 0.5) is 28.4 Å². The first-order valence-electron chi connectivity index (χ1n) is 48.0. The fourth-order valence-electron chi connectivity index (χ4n) is 18.5. The monoisotopic (exact) mass is 1930 g/mol. The Morgan fingerprint density at radius 1 is 0.289 bits per heavy atom. The molecule has 0 spiro atoms. The van der Waals surface area contributed by atoms with Gasteiger partial charge in [0.2, 0.25) is 0 Å². The third-order valence-electron chi connectivity index (χ3n) is 26.2. The van der Waals surface area contributed by atoms with E-state index in [-0.39, 0.29) is 27.8 Å². The Bertz CT molecular complexity index is 7280. The summed E-state index contributed by atoms with van der Waals surface area (Å²) in [4.78, 5) is 106. The van der Waals surface area contributed by atoms with Crippen molar-refractivity contribution >= 4 is 56.7 Å². The number of pyridine rings is 5. The van der Waals surface area contributed by atoms with Gasteiger partial charge >= 0.3 is 0 Å². The van der Waals surface area contributed by atoms with Gasteiger partial charge in [-0.1, -0.05) is 6.92 Å². The second kappa shape index (κ2) is 45.9. The molecule has 20 rings (SSSR count). The molecule has 0 saturated carbocycles. The zero-order chi connectivity index (χ0) is 99.8.